The second-order valence-corrected chi connectivity index (χ2v) is 4.42. The molecule has 1 aliphatic carbocycles. The molecule has 1 heteroatoms. The zero-order chi connectivity index (χ0) is 11.1. The number of hydrogen-bond donors (Lipinski definition) is 0. The summed E-state index contributed by atoms with van der Waals surface area (Å²) >= 11 is 0. The average molecular weight is 216 g/mol. The Morgan fingerprint density at radius 1 is 1.00 bits per heavy atom. The van der Waals surface area contributed by atoms with Gasteiger partial charge in [0.1, 0.15) is 0 Å². The van der Waals surface area contributed by atoms with Crippen molar-refractivity contribution in [3.63, 3.8) is 0 Å². The van der Waals surface area contributed by atoms with E-state index in [9.17, 15) is 0 Å². The molecule has 0 unspecified atom stereocenters. The predicted octanol–water partition coefficient (Wildman–Crippen LogP) is 4.09. The van der Waals surface area contributed by atoms with Gasteiger partial charge in [-0.05, 0) is 31.2 Å². The van der Waals surface area contributed by atoms with E-state index in [1.807, 2.05) is 6.07 Å². The molecule has 0 atom stereocenters. The maximum atomic E-state index is 5.65. The Morgan fingerprint density at radius 3 is 2.50 bits per heavy atom. The highest BCUT2D eigenvalue weighted by molar-refractivity contribution is 5.13. The van der Waals surface area contributed by atoms with Crippen LogP contribution in [0.15, 0.2) is 42.0 Å². The highest BCUT2D eigenvalue weighted by Gasteiger charge is 2.03. The minimum absolute atomic E-state index is 0.727. The summed E-state index contributed by atoms with van der Waals surface area (Å²) in [5.41, 5.74) is 2.85. The lowest BCUT2D eigenvalue weighted by Gasteiger charge is -2.13. The maximum Gasteiger partial charge on any atom is 0.0721 e. The lowest BCUT2D eigenvalue weighted by molar-refractivity contribution is 0.148. The minimum Gasteiger partial charge on any atom is -0.373 e. The zero-order valence-corrected chi connectivity index (χ0v) is 9.82. The van der Waals surface area contributed by atoms with E-state index in [4.69, 9.17) is 4.74 Å². The first-order chi connectivity index (χ1) is 7.95. The van der Waals surface area contributed by atoms with Gasteiger partial charge in [-0.15, -0.1) is 0 Å². The van der Waals surface area contributed by atoms with E-state index in [-0.39, 0.29) is 0 Å². The molecule has 1 aromatic rings. The van der Waals surface area contributed by atoms with Gasteiger partial charge in [-0.25, -0.2) is 0 Å². The van der Waals surface area contributed by atoms with Crippen LogP contribution < -0.4 is 0 Å². The number of hydrogen-bond acceptors (Lipinski definition) is 1. The van der Waals surface area contributed by atoms with Crippen molar-refractivity contribution in [2.45, 2.75) is 38.7 Å². The Kier molecular flexibility index (Phi) is 4.63. The summed E-state index contributed by atoms with van der Waals surface area (Å²) in [6.45, 7) is 1.49. The van der Waals surface area contributed by atoms with Crippen molar-refractivity contribution in [1.82, 2.24) is 0 Å². The molecule has 2 rings (SSSR count). The molecule has 1 nitrogen and oxygen atoms in total. The Balaban J connectivity index is 1.68. The Hall–Kier alpha value is -1.08. The number of benzene rings is 1. The van der Waals surface area contributed by atoms with Gasteiger partial charge in [0.25, 0.3) is 0 Å². The molecule has 1 aliphatic rings. The van der Waals surface area contributed by atoms with Crippen LogP contribution >= 0.6 is 0 Å². The minimum atomic E-state index is 0.727. The molecule has 16 heavy (non-hydrogen) atoms. The van der Waals surface area contributed by atoms with Crippen molar-refractivity contribution in [3.05, 3.63) is 47.5 Å². The monoisotopic (exact) mass is 216 g/mol. The van der Waals surface area contributed by atoms with Gasteiger partial charge in [0, 0.05) is 0 Å². The van der Waals surface area contributed by atoms with Crippen LogP contribution in [0.2, 0.25) is 0 Å². The van der Waals surface area contributed by atoms with Crippen molar-refractivity contribution in [2.75, 3.05) is 6.61 Å². The standard InChI is InChI=1S/C15H20O/c1-3-7-14(8-4-1)11-12-16-13-15-9-5-2-6-10-15/h2,5-6,9-11H,1,3-4,7-8,12-13H2. The van der Waals surface area contributed by atoms with Gasteiger partial charge < -0.3 is 4.74 Å². The van der Waals surface area contributed by atoms with E-state index in [0.29, 0.717) is 0 Å². The van der Waals surface area contributed by atoms with Crippen LogP contribution in [0.4, 0.5) is 0 Å². The molecule has 0 bridgehead atoms. The number of ether oxygens (including phenoxy) is 1. The van der Waals surface area contributed by atoms with Gasteiger partial charge in [0.2, 0.25) is 0 Å². The van der Waals surface area contributed by atoms with E-state index in [1.54, 1.807) is 5.57 Å². The first-order valence-corrected chi connectivity index (χ1v) is 6.25. The largest absolute Gasteiger partial charge is 0.373 e. The van der Waals surface area contributed by atoms with Crippen molar-refractivity contribution in [2.24, 2.45) is 0 Å². The van der Waals surface area contributed by atoms with Gasteiger partial charge in [-0.3, -0.25) is 0 Å². The van der Waals surface area contributed by atoms with Gasteiger partial charge in [-0.1, -0.05) is 48.4 Å². The molecule has 0 radical (unpaired) electrons. The van der Waals surface area contributed by atoms with Gasteiger partial charge in [0.15, 0.2) is 0 Å². The summed E-state index contributed by atoms with van der Waals surface area (Å²) in [6.07, 6.45) is 8.99. The van der Waals surface area contributed by atoms with Crippen LogP contribution in [-0.2, 0) is 11.3 Å². The Morgan fingerprint density at radius 2 is 1.75 bits per heavy atom. The summed E-state index contributed by atoms with van der Waals surface area (Å²) in [5.74, 6) is 0. The van der Waals surface area contributed by atoms with E-state index < -0.39 is 0 Å². The van der Waals surface area contributed by atoms with Crippen molar-refractivity contribution < 1.29 is 4.74 Å². The summed E-state index contributed by atoms with van der Waals surface area (Å²) in [5, 5.41) is 0. The lowest BCUT2D eigenvalue weighted by Crippen LogP contribution is -1.97. The Bertz CT molecular complexity index is 319. The van der Waals surface area contributed by atoms with E-state index >= 15 is 0 Å². The van der Waals surface area contributed by atoms with E-state index in [2.05, 4.69) is 30.3 Å². The molecule has 1 fully saturated rings. The molecule has 1 saturated carbocycles. The molecule has 0 N–H and O–H groups in total. The van der Waals surface area contributed by atoms with Crippen LogP contribution in [0, 0.1) is 0 Å². The SMILES string of the molecule is C(COCc1ccccc1)=C1CCCCC1. The van der Waals surface area contributed by atoms with Gasteiger partial charge in [0.05, 0.1) is 13.2 Å². The molecular formula is C15H20O. The predicted molar refractivity (Wildman–Crippen MR) is 67.3 cm³/mol. The van der Waals surface area contributed by atoms with Crippen LogP contribution in [0.1, 0.15) is 37.7 Å². The molecular weight excluding hydrogens is 196 g/mol. The molecule has 86 valence electrons. The molecule has 0 aliphatic heterocycles. The molecule has 0 amide bonds. The summed E-state index contributed by atoms with van der Waals surface area (Å²) in [6, 6.07) is 10.4. The highest BCUT2D eigenvalue weighted by atomic mass is 16.5. The van der Waals surface area contributed by atoms with Crippen LogP contribution in [-0.4, -0.2) is 6.61 Å². The highest BCUT2D eigenvalue weighted by Crippen LogP contribution is 2.22. The summed E-state index contributed by atoms with van der Waals surface area (Å²) in [4.78, 5) is 0. The topological polar surface area (TPSA) is 9.23 Å². The third-order valence-electron chi connectivity index (χ3n) is 3.10. The molecule has 0 saturated heterocycles. The fourth-order valence-electron chi connectivity index (χ4n) is 2.14. The molecule has 0 spiro atoms. The average Bonchev–Trinajstić information content (AvgIpc) is 2.37. The van der Waals surface area contributed by atoms with E-state index in [0.717, 1.165) is 13.2 Å². The van der Waals surface area contributed by atoms with Crippen molar-refractivity contribution in [3.8, 4) is 0 Å². The third kappa shape index (κ3) is 3.82. The van der Waals surface area contributed by atoms with Crippen molar-refractivity contribution in [1.29, 1.82) is 0 Å². The summed E-state index contributed by atoms with van der Waals surface area (Å²) in [7, 11) is 0. The van der Waals surface area contributed by atoms with Gasteiger partial charge >= 0.3 is 0 Å². The number of rotatable bonds is 4. The smallest absolute Gasteiger partial charge is 0.0721 e. The quantitative estimate of drug-likeness (QED) is 0.544. The molecule has 0 heterocycles. The lowest BCUT2D eigenvalue weighted by atomic mass is 9.95. The van der Waals surface area contributed by atoms with Crippen LogP contribution in [0.25, 0.3) is 0 Å². The second-order valence-electron chi connectivity index (χ2n) is 4.42. The van der Waals surface area contributed by atoms with Crippen LogP contribution in [0.3, 0.4) is 0 Å². The van der Waals surface area contributed by atoms with E-state index in [1.165, 1.54) is 37.7 Å². The fourth-order valence-corrected chi connectivity index (χ4v) is 2.14. The molecule has 1 aromatic carbocycles. The first kappa shape index (κ1) is 11.4. The second kappa shape index (κ2) is 6.49. The van der Waals surface area contributed by atoms with Crippen molar-refractivity contribution >= 4 is 0 Å². The fraction of sp³-hybridized carbons (Fsp3) is 0.467. The normalized spacial score (nSPS) is 16.1. The molecule has 0 aromatic heterocycles. The van der Waals surface area contributed by atoms with Gasteiger partial charge in [-0.2, -0.15) is 0 Å². The van der Waals surface area contributed by atoms with Crippen LogP contribution in [0.5, 0.6) is 0 Å². The maximum absolute atomic E-state index is 5.65. The first-order valence-electron chi connectivity index (χ1n) is 6.25. The Labute approximate surface area is 98.1 Å². The summed E-state index contributed by atoms with van der Waals surface area (Å²) < 4.78 is 5.65. The third-order valence-corrected chi connectivity index (χ3v) is 3.10. The zero-order valence-electron chi connectivity index (χ0n) is 9.82. The number of allylic oxidation sites excluding steroid dienone is 1.